The lowest BCUT2D eigenvalue weighted by molar-refractivity contribution is -0.137. The van der Waals surface area contributed by atoms with E-state index in [4.69, 9.17) is 0 Å². The third-order valence-corrected chi connectivity index (χ3v) is 5.70. The summed E-state index contributed by atoms with van der Waals surface area (Å²) < 4.78 is 0. The zero-order chi connectivity index (χ0) is 12.2. The molecule has 0 bridgehead atoms. The molecule has 0 aliphatic heterocycles. The Kier molecular flexibility index (Phi) is 2.55. The van der Waals surface area contributed by atoms with Crippen molar-refractivity contribution in [1.29, 1.82) is 0 Å². The molecule has 2 rings (SSSR count). The van der Waals surface area contributed by atoms with Gasteiger partial charge >= 0.3 is 0 Å². The second-order valence-electron chi connectivity index (χ2n) is 6.98. The molecule has 0 saturated heterocycles. The van der Waals surface area contributed by atoms with Crippen LogP contribution in [0.15, 0.2) is 11.6 Å². The molecule has 4 unspecified atom stereocenters. The van der Waals surface area contributed by atoms with Gasteiger partial charge in [-0.15, -0.1) is 0 Å². The fraction of sp³-hybridized carbons (Fsp3) is 0.867. The third kappa shape index (κ3) is 1.48. The molecule has 0 amide bonds. The van der Waals surface area contributed by atoms with E-state index in [1.54, 1.807) is 0 Å². The van der Waals surface area contributed by atoms with E-state index in [0.717, 1.165) is 12.3 Å². The average molecular weight is 222 g/mol. The van der Waals surface area contributed by atoms with Gasteiger partial charge in [-0.1, -0.05) is 25.5 Å². The molecule has 1 N–H and O–H groups in total. The van der Waals surface area contributed by atoms with E-state index in [9.17, 15) is 5.11 Å². The maximum atomic E-state index is 10.9. The standard InChI is InChI=1S/C15H26O/c1-11(2)6-8-13(3)9-7-12-10-14(12,4)15(13,5)16/h6,12,16H,7-10H2,1-5H3. The van der Waals surface area contributed by atoms with E-state index < -0.39 is 5.60 Å². The maximum absolute atomic E-state index is 10.9. The van der Waals surface area contributed by atoms with Crippen LogP contribution in [0.5, 0.6) is 0 Å². The number of allylic oxidation sites excluding steroid dienone is 2. The first kappa shape index (κ1) is 12.2. The molecule has 0 aromatic rings. The van der Waals surface area contributed by atoms with Gasteiger partial charge in [0.2, 0.25) is 0 Å². The molecule has 0 heterocycles. The quantitative estimate of drug-likeness (QED) is 0.702. The Morgan fingerprint density at radius 2 is 1.94 bits per heavy atom. The molecule has 0 aromatic carbocycles. The van der Waals surface area contributed by atoms with Crippen LogP contribution >= 0.6 is 0 Å². The summed E-state index contributed by atoms with van der Waals surface area (Å²) in [6, 6.07) is 0. The second-order valence-corrected chi connectivity index (χ2v) is 6.98. The minimum absolute atomic E-state index is 0.0615. The van der Waals surface area contributed by atoms with Gasteiger partial charge in [0, 0.05) is 5.41 Å². The van der Waals surface area contributed by atoms with Crippen molar-refractivity contribution < 1.29 is 5.11 Å². The molecule has 0 aromatic heterocycles. The molecular formula is C15H26O. The fourth-order valence-electron chi connectivity index (χ4n) is 3.63. The first-order valence-electron chi connectivity index (χ1n) is 6.59. The molecule has 92 valence electrons. The Morgan fingerprint density at radius 3 is 2.50 bits per heavy atom. The highest BCUT2D eigenvalue weighted by atomic mass is 16.3. The summed E-state index contributed by atoms with van der Waals surface area (Å²) >= 11 is 0. The molecule has 2 saturated carbocycles. The smallest absolute Gasteiger partial charge is 0.0732 e. The normalized spacial score (nSPS) is 50.8. The van der Waals surface area contributed by atoms with Crippen molar-refractivity contribution in [3.05, 3.63) is 11.6 Å². The van der Waals surface area contributed by atoms with Crippen molar-refractivity contribution in [2.75, 3.05) is 0 Å². The van der Waals surface area contributed by atoms with Crippen molar-refractivity contribution in [2.45, 2.75) is 65.9 Å². The van der Waals surface area contributed by atoms with Gasteiger partial charge in [-0.3, -0.25) is 0 Å². The first-order valence-corrected chi connectivity index (χ1v) is 6.59. The number of fused-ring (bicyclic) bond motifs is 1. The van der Waals surface area contributed by atoms with E-state index in [1.807, 2.05) is 0 Å². The van der Waals surface area contributed by atoms with Gasteiger partial charge in [0.25, 0.3) is 0 Å². The lowest BCUT2D eigenvalue weighted by Crippen LogP contribution is -2.53. The van der Waals surface area contributed by atoms with Crippen molar-refractivity contribution in [3.63, 3.8) is 0 Å². The van der Waals surface area contributed by atoms with E-state index in [-0.39, 0.29) is 10.8 Å². The highest BCUT2D eigenvalue weighted by Gasteiger charge is 2.68. The SMILES string of the molecule is CC(C)=CCC1(C)CCC2CC2(C)C1(C)O. The van der Waals surface area contributed by atoms with Crippen LogP contribution in [0.2, 0.25) is 0 Å². The Bertz CT molecular complexity index is 324. The lowest BCUT2D eigenvalue weighted by Gasteiger charge is -2.50. The van der Waals surface area contributed by atoms with Crippen LogP contribution in [-0.2, 0) is 0 Å². The summed E-state index contributed by atoms with van der Waals surface area (Å²) in [5.74, 6) is 0.780. The van der Waals surface area contributed by atoms with Gasteiger partial charge in [-0.25, -0.2) is 0 Å². The summed E-state index contributed by atoms with van der Waals surface area (Å²) in [4.78, 5) is 0. The lowest BCUT2D eigenvalue weighted by atomic mass is 9.58. The minimum atomic E-state index is -0.505. The number of hydrogen-bond donors (Lipinski definition) is 1. The molecule has 0 spiro atoms. The average Bonchev–Trinajstić information content (AvgIpc) is 2.84. The molecule has 1 nitrogen and oxygen atoms in total. The predicted octanol–water partition coefficient (Wildman–Crippen LogP) is 3.92. The van der Waals surface area contributed by atoms with E-state index >= 15 is 0 Å². The predicted molar refractivity (Wildman–Crippen MR) is 68.2 cm³/mol. The zero-order valence-corrected chi connectivity index (χ0v) is 11.4. The molecule has 2 aliphatic rings. The zero-order valence-electron chi connectivity index (χ0n) is 11.4. The van der Waals surface area contributed by atoms with Crippen molar-refractivity contribution >= 4 is 0 Å². The van der Waals surface area contributed by atoms with Crippen LogP contribution in [0.25, 0.3) is 0 Å². The van der Waals surface area contributed by atoms with Crippen molar-refractivity contribution in [1.82, 2.24) is 0 Å². The second kappa shape index (κ2) is 3.35. The van der Waals surface area contributed by atoms with Crippen LogP contribution < -0.4 is 0 Å². The van der Waals surface area contributed by atoms with E-state index in [2.05, 4.69) is 40.7 Å². The summed E-state index contributed by atoms with van der Waals surface area (Å²) in [7, 11) is 0. The highest BCUT2D eigenvalue weighted by Crippen LogP contribution is 2.70. The third-order valence-electron chi connectivity index (χ3n) is 5.70. The molecule has 16 heavy (non-hydrogen) atoms. The Labute approximate surface area is 99.9 Å². The van der Waals surface area contributed by atoms with Gasteiger partial charge in [0.15, 0.2) is 0 Å². The van der Waals surface area contributed by atoms with Crippen LogP contribution in [0, 0.1) is 16.7 Å². The van der Waals surface area contributed by atoms with Gasteiger partial charge in [-0.2, -0.15) is 0 Å². The molecular weight excluding hydrogens is 196 g/mol. The molecule has 1 heteroatoms. The Morgan fingerprint density at radius 1 is 1.31 bits per heavy atom. The molecule has 2 fully saturated rings. The van der Waals surface area contributed by atoms with E-state index in [0.29, 0.717) is 0 Å². The summed E-state index contributed by atoms with van der Waals surface area (Å²) in [6.07, 6.45) is 7.01. The van der Waals surface area contributed by atoms with Crippen LogP contribution in [0.4, 0.5) is 0 Å². The van der Waals surface area contributed by atoms with Gasteiger partial charge in [0.1, 0.15) is 0 Å². The number of hydrogen-bond acceptors (Lipinski definition) is 1. The maximum Gasteiger partial charge on any atom is 0.0732 e. The van der Waals surface area contributed by atoms with Gasteiger partial charge < -0.3 is 5.11 Å². The minimum Gasteiger partial charge on any atom is -0.389 e. The van der Waals surface area contributed by atoms with Crippen molar-refractivity contribution in [3.8, 4) is 0 Å². The van der Waals surface area contributed by atoms with E-state index in [1.165, 1.54) is 24.8 Å². The Balaban J connectivity index is 2.23. The number of aliphatic hydroxyl groups is 1. The first-order chi connectivity index (χ1) is 7.23. The highest BCUT2D eigenvalue weighted by molar-refractivity contribution is 5.20. The molecule has 4 atom stereocenters. The Hall–Kier alpha value is -0.300. The van der Waals surface area contributed by atoms with Gasteiger partial charge in [0.05, 0.1) is 5.60 Å². The van der Waals surface area contributed by atoms with Crippen LogP contribution in [0.3, 0.4) is 0 Å². The van der Waals surface area contributed by atoms with Crippen LogP contribution in [-0.4, -0.2) is 10.7 Å². The fourth-order valence-corrected chi connectivity index (χ4v) is 3.63. The summed E-state index contributed by atoms with van der Waals surface area (Å²) in [5.41, 5.74) is 1.11. The van der Waals surface area contributed by atoms with Crippen molar-refractivity contribution in [2.24, 2.45) is 16.7 Å². The summed E-state index contributed by atoms with van der Waals surface area (Å²) in [5, 5.41) is 10.9. The topological polar surface area (TPSA) is 20.2 Å². The summed E-state index contributed by atoms with van der Waals surface area (Å²) in [6.45, 7) is 10.9. The van der Waals surface area contributed by atoms with Crippen LogP contribution in [0.1, 0.15) is 60.3 Å². The monoisotopic (exact) mass is 222 g/mol. The largest absolute Gasteiger partial charge is 0.389 e. The van der Waals surface area contributed by atoms with Gasteiger partial charge in [-0.05, 0) is 57.8 Å². The molecule has 2 aliphatic carbocycles. The molecule has 0 radical (unpaired) electrons. The number of rotatable bonds is 2.